The van der Waals surface area contributed by atoms with Crippen LogP contribution in [0.3, 0.4) is 0 Å². The highest BCUT2D eigenvalue weighted by Gasteiger charge is 2.23. The number of benzene rings is 2. The summed E-state index contributed by atoms with van der Waals surface area (Å²) in [5, 5.41) is 0. The van der Waals surface area contributed by atoms with E-state index in [9.17, 15) is 8.78 Å². The number of hydrogen-bond donors (Lipinski definition) is 0. The maximum absolute atomic E-state index is 13.8. The van der Waals surface area contributed by atoms with E-state index in [2.05, 4.69) is 20.8 Å². The fourth-order valence-electron chi connectivity index (χ4n) is 3.00. The molecule has 2 aromatic carbocycles. The largest absolute Gasteiger partial charge is 0.495 e. The van der Waals surface area contributed by atoms with Gasteiger partial charge in [0.05, 0.1) is 23.8 Å². The van der Waals surface area contributed by atoms with Crippen molar-refractivity contribution >= 4 is 21.6 Å². The van der Waals surface area contributed by atoms with Gasteiger partial charge >= 0.3 is 0 Å². The summed E-state index contributed by atoms with van der Waals surface area (Å²) in [5.74, 6) is 0.197. The lowest BCUT2D eigenvalue weighted by Crippen LogP contribution is -2.27. The Bertz CT molecular complexity index is 924. The summed E-state index contributed by atoms with van der Waals surface area (Å²) in [6, 6.07) is 9.39. The summed E-state index contributed by atoms with van der Waals surface area (Å²) < 4.78 is 39.0. The minimum absolute atomic E-state index is 0.0218. The van der Waals surface area contributed by atoms with Crippen LogP contribution >= 0.6 is 15.9 Å². The Morgan fingerprint density at radius 1 is 1.15 bits per heavy atom. The monoisotopic (exact) mass is 435 g/mol. The van der Waals surface area contributed by atoms with Crippen molar-refractivity contribution < 1.29 is 18.3 Å². The van der Waals surface area contributed by atoms with Crippen LogP contribution < -0.4 is 9.64 Å². The van der Waals surface area contributed by atoms with Gasteiger partial charge in [-0.3, -0.25) is 0 Å². The number of anilines is 1. The SMILES string of the molecule is COc1cccc(C)c1N1CC(Br)=C(OCc2ccc(F)cc2F)C=C1C. The van der Waals surface area contributed by atoms with E-state index >= 15 is 0 Å². The lowest BCUT2D eigenvalue weighted by Gasteiger charge is -2.32. The van der Waals surface area contributed by atoms with E-state index < -0.39 is 11.6 Å². The summed E-state index contributed by atoms with van der Waals surface area (Å²) in [4.78, 5) is 2.13. The van der Waals surface area contributed by atoms with Crippen LogP contribution in [0.1, 0.15) is 18.1 Å². The van der Waals surface area contributed by atoms with Crippen molar-refractivity contribution in [2.45, 2.75) is 20.5 Å². The molecule has 1 heterocycles. The molecule has 6 heteroatoms. The molecule has 0 radical (unpaired) electrons. The van der Waals surface area contributed by atoms with Crippen molar-refractivity contribution in [1.29, 1.82) is 0 Å². The molecule has 0 atom stereocenters. The molecule has 27 heavy (non-hydrogen) atoms. The first kappa shape index (κ1) is 19.4. The molecule has 3 rings (SSSR count). The normalized spacial score (nSPS) is 14.3. The van der Waals surface area contributed by atoms with E-state index in [1.165, 1.54) is 12.1 Å². The van der Waals surface area contributed by atoms with Gasteiger partial charge in [-0.25, -0.2) is 8.78 Å². The minimum Gasteiger partial charge on any atom is -0.495 e. The molecule has 1 aliphatic rings. The Morgan fingerprint density at radius 3 is 2.63 bits per heavy atom. The number of methoxy groups -OCH3 is 1. The summed E-state index contributed by atoms with van der Waals surface area (Å²) in [6.07, 6.45) is 1.89. The third-order valence-corrected chi connectivity index (χ3v) is 5.06. The molecule has 3 nitrogen and oxygen atoms in total. The first-order valence-corrected chi connectivity index (χ1v) is 9.25. The molecular formula is C21H20BrF2NO2. The van der Waals surface area contributed by atoms with Gasteiger partial charge in [-0.1, -0.05) is 12.1 Å². The fraction of sp³-hybridized carbons (Fsp3) is 0.238. The number of allylic oxidation sites excluding steroid dienone is 2. The summed E-state index contributed by atoms with van der Waals surface area (Å²) in [5.41, 5.74) is 3.37. The summed E-state index contributed by atoms with van der Waals surface area (Å²) >= 11 is 3.57. The molecular weight excluding hydrogens is 416 g/mol. The van der Waals surface area contributed by atoms with Gasteiger partial charge in [-0.2, -0.15) is 0 Å². The van der Waals surface area contributed by atoms with Crippen LogP contribution in [-0.4, -0.2) is 13.7 Å². The van der Waals surface area contributed by atoms with Crippen LogP contribution in [0.2, 0.25) is 0 Å². The molecule has 142 valence electrons. The smallest absolute Gasteiger partial charge is 0.142 e. The number of hydrogen-bond acceptors (Lipinski definition) is 3. The summed E-state index contributed by atoms with van der Waals surface area (Å²) in [6.45, 7) is 4.60. The maximum Gasteiger partial charge on any atom is 0.142 e. The van der Waals surface area contributed by atoms with Crippen LogP contribution in [0.15, 0.2) is 58.4 Å². The lowest BCUT2D eigenvalue weighted by molar-refractivity contribution is 0.204. The first-order valence-electron chi connectivity index (χ1n) is 8.45. The lowest BCUT2D eigenvalue weighted by atomic mass is 10.1. The molecule has 0 unspecified atom stereocenters. The van der Waals surface area contributed by atoms with Crippen molar-refractivity contribution in [3.05, 3.63) is 81.2 Å². The molecule has 0 bridgehead atoms. The molecule has 1 aliphatic heterocycles. The van der Waals surface area contributed by atoms with Gasteiger partial charge in [-0.05, 0) is 53.5 Å². The number of para-hydroxylation sites is 1. The van der Waals surface area contributed by atoms with E-state index in [-0.39, 0.29) is 6.61 Å². The van der Waals surface area contributed by atoms with Crippen LogP contribution in [0.4, 0.5) is 14.5 Å². The quantitative estimate of drug-likeness (QED) is 0.589. The summed E-state index contributed by atoms with van der Waals surface area (Å²) in [7, 11) is 1.65. The fourth-order valence-corrected chi connectivity index (χ4v) is 3.48. The topological polar surface area (TPSA) is 21.7 Å². The van der Waals surface area contributed by atoms with Crippen molar-refractivity contribution in [3.63, 3.8) is 0 Å². The molecule has 0 aliphatic carbocycles. The second-order valence-electron chi connectivity index (χ2n) is 6.29. The molecule has 0 N–H and O–H groups in total. The Hall–Kier alpha value is -2.34. The van der Waals surface area contributed by atoms with Crippen molar-refractivity contribution in [2.24, 2.45) is 0 Å². The van der Waals surface area contributed by atoms with Gasteiger partial charge in [0, 0.05) is 23.4 Å². The Kier molecular flexibility index (Phi) is 5.85. The Morgan fingerprint density at radius 2 is 1.93 bits per heavy atom. The van der Waals surface area contributed by atoms with Crippen LogP contribution in [0.5, 0.6) is 5.75 Å². The van der Waals surface area contributed by atoms with Gasteiger partial charge in [0.2, 0.25) is 0 Å². The number of rotatable bonds is 5. The molecule has 0 fully saturated rings. The highest BCUT2D eigenvalue weighted by atomic mass is 79.9. The predicted octanol–water partition coefficient (Wildman–Crippen LogP) is 5.83. The van der Waals surface area contributed by atoms with Crippen LogP contribution in [0, 0.1) is 18.6 Å². The molecule has 0 saturated carbocycles. The zero-order chi connectivity index (χ0) is 19.6. The molecule has 0 aromatic heterocycles. The minimum atomic E-state index is -0.616. The highest BCUT2D eigenvalue weighted by molar-refractivity contribution is 9.11. The first-order chi connectivity index (χ1) is 12.9. The zero-order valence-corrected chi connectivity index (χ0v) is 16.9. The molecule has 0 saturated heterocycles. The van der Waals surface area contributed by atoms with Gasteiger partial charge in [0.25, 0.3) is 0 Å². The number of aryl methyl sites for hydroxylation is 1. The van der Waals surface area contributed by atoms with Gasteiger partial charge in [0.15, 0.2) is 0 Å². The third kappa shape index (κ3) is 4.16. The van der Waals surface area contributed by atoms with E-state index in [4.69, 9.17) is 9.47 Å². The second kappa shape index (κ2) is 8.13. The van der Waals surface area contributed by atoms with Crippen molar-refractivity contribution in [2.75, 3.05) is 18.6 Å². The van der Waals surface area contributed by atoms with Crippen LogP contribution in [-0.2, 0) is 11.3 Å². The van der Waals surface area contributed by atoms with E-state index in [1.54, 1.807) is 7.11 Å². The van der Waals surface area contributed by atoms with E-state index in [0.717, 1.165) is 33.2 Å². The molecule has 0 amide bonds. The van der Waals surface area contributed by atoms with Crippen LogP contribution in [0.25, 0.3) is 0 Å². The van der Waals surface area contributed by atoms with Gasteiger partial charge in [-0.15, -0.1) is 0 Å². The zero-order valence-electron chi connectivity index (χ0n) is 15.4. The number of nitrogens with zero attached hydrogens (tertiary/aromatic N) is 1. The standard InChI is InChI=1S/C21H20BrF2NO2/c1-13-5-4-6-19(26-3)21(13)25-11-17(22)20(9-14(25)2)27-12-15-7-8-16(23)10-18(15)24/h4-10H,11-12H2,1-3H3. The van der Waals surface area contributed by atoms with Crippen molar-refractivity contribution in [3.8, 4) is 5.75 Å². The van der Waals surface area contributed by atoms with Gasteiger partial charge < -0.3 is 14.4 Å². The highest BCUT2D eigenvalue weighted by Crippen LogP contribution is 2.38. The average molecular weight is 436 g/mol. The average Bonchev–Trinajstić information content (AvgIpc) is 2.63. The van der Waals surface area contributed by atoms with E-state index in [1.807, 2.05) is 38.1 Å². The maximum atomic E-state index is 13.8. The predicted molar refractivity (Wildman–Crippen MR) is 106 cm³/mol. The van der Waals surface area contributed by atoms with Gasteiger partial charge in [0.1, 0.15) is 29.8 Å². The Labute approximate surface area is 166 Å². The third-order valence-electron chi connectivity index (χ3n) is 4.42. The van der Waals surface area contributed by atoms with Crippen molar-refractivity contribution in [1.82, 2.24) is 0 Å². The molecule has 0 spiro atoms. The van der Waals surface area contributed by atoms with E-state index in [0.29, 0.717) is 17.9 Å². The number of ether oxygens (including phenoxy) is 2. The second-order valence-corrected chi connectivity index (χ2v) is 7.25. The number of halogens is 3. The Balaban J connectivity index is 1.81. The molecule has 2 aromatic rings.